The number of rotatable bonds is 7. The predicted octanol–water partition coefficient (Wildman–Crippen LogP) is -1.16. The van der Waals surface area contributed by atoms with Crippen LogP contribution in [0.1, 0.15) is 26.7 Å². The summed E-state index contributed by atoms with van der Waals surface area (Å²) in [6.07, 6.45) is -1.65. The molecule has 0 aromatic carbocycles. The van der Waals surface area contributed by atoms with Crippen LogP contribution in [0.2, 0.25) is 0 Å². The molecule has 0 heterocycles. The Morgan fingerprint density at radius 3 is 2.18 bits per heavy atom. The summed E-state index contributed by atoms with van der Waals surface area (Å²) in [4.78, 5) is 32.7. The third kappa shape index (κ3) is 6.52. The lowest BCUT2D eigenvalue weighted by Crippen LogP contribution is -2.49. The van der Waals surface area contributed by atoms with Crippen LogP contribution in [0.15, 0.2) is 0 Å². The van der Waals surface area contributed by atoms with Crippen molar-refractivity contribution in [3.8, 4) is 0 Å². The Morgan fingerprint density at radius 2 is 1.82 bits per heavy atom. The summed E-state index contributed by atoms with van der Waals surface area (Å²) in [5, 5.41) is 20.1. The van der Waals surface area contributed by atoms with E-state index in [1.54, 1.807) is 0 Å². The first-order chi connectivity index (χ1) is 7.73. The molecule has 0 aromatic rings. The topological polar surface area (TPSA) is 130 Å². The lowest BCUT2D eigenvalue weighted by atomic mass is 10.0. The summed E-state index contributed by atoms with van der Waals surface area (Å²) in [5.41, 5.74) is 4.94. The van der Waals surface area contributed by atoms with Crippen LogP contribution in [0, 0.1) is 5.92 Å². The van der Waals surface area contributed by atoms with Crippen molar-refractivity contribution < 1.29 is 24.6 Å². The van der Waals surface area contributed by atoms with Gasteiger partial charge in [-0.1, -0.05) is 13.8 Å². The second kappa shape index (κ2) is 6.85. The SMILES string of the molecule is CC(C)C[C@@H](O)C(=O)N[C@H](CC(=O)O)C(N)=O. The molecule has 0 aliphatic heterocycles. The molecule has 0 aliphatic carbocycles. The molecule has 0 unspecified atom stereocenters. The van der Waals surface area contributed by atoms with Crippen LogP contribution in [0.3, 0.4) is 0 Å². The maximum absolute atomic E-state index is 11.4. The summed E-state index contributed by atoms with van der Waals surface area (Å²) in [7, 11) is 0. The number of carboxylic acids is 1. The minimum atomic E-state index is -1.30. The van der Waals surface area contributed by atoms with Crippen LogP contribution in [0.5, 0.6) is 0 Å². The van der Waals surface area contributed by atoms with E-state index >= 15 is 0 Å². The van der Waals surface area contributed by atoms with E-state index in [0.717, 1.165) is 0 Å². The zero-order valence-electron chi connectivity index (χ0n) is 9.84. The molecule has 2 amide bonds. The fourth-order valence-corrected chi connectivity index (χ4v) is 1.22. The van der Waals surface area contributed by atoms with Crippen LogP contribution < -0.4 is 11.1 Å². The Morgan fingerprint density at radius 1 is 1.29 bits per heavy atom. The van der Waals surface area contributed by atoms with Gasteiger partial charge in [0.1, 0.15) is 12.1 Å². The number of aliphatic hydroxyl groups is 1. The molecule has 0 rings (SSSR count). The van der Waals surface area contributed by atoms with E-state index in [1.165, 1.54) is 0 Å². The van der Waals surface area contributed by atoms with Crippen molar-refractivity contribution in [3.63, 3.8) is 0 Å². The van der Waals surface area contributed by atoms with E-state index in [4.69, 9.17) is 10.8 Å². The van der Waals surface area contributed by atoms with Crippen molar-refractivity contribution in [2.24, 2.45) is 11.7 Å². The Hall–Kier alpha value is -1.63. The molecule has 2 atom stereocenters. The Kier molecular flexibility index (Phi) is 6.19. The molecular weight excluding hydrogens is 228 g/mol. The van der Waals surface area contributed by atoms with Gasteiger partial charge in [0.05, 0.1) is 6.42 Å². The zero-order valence-corrected chi connectivity index (χ0v) is 9.84. The molecular formula is C10H18N2O5. The van der Waals surface area contributed by atoms with Crippen LogP contribution in [0.25, 0.3) is 0 Å². The van der Waals surface area contributed by atoms with Gasteiger partial charge in [-0.3, -0.25) is 14.4 Å². The van der Waals surface area contributed by atoms with E-state index < -0.39 is 36.4 Å². The van der Waals surface area contributed by atoms with Crippen LogP contribution in [-0.4, -0.2) is 40.1 Å². The minimum absolute atomic E-state index is 0.0993. The summed E-state index contributed by atoms with van der Waals surface area (Å²) >= 11 is 0. The maximum atomic E-state index is 11.4. The lowest BCUT2D eigenvalue weighted by Gasteiger charge is -2.17. The number of carboxylic acid groups (broad SMARTS) is 1. The quantitative estimate of drug-likeness (QED) is 0.450. The molecule has 0 aromatic heterocycles. The molecule has 0 bridgehead atoms. The van der Waals surface area contributed by atoms with Gasteiger partial charge in [0.2, 0.25) is 11.8 Å². The standard InChI is InChI=1S/C10H18N2O5/c1-5(2)3-7(13)10(17)12-6(9(11)16)4-8(14)15/h5-7,13H,3-4H2,1-2H3,(H2,11,16)(H,12,17)(H,14,15)/t6-,7-/m1/s1. The number of carbonyl (C=O) groups excluding carboxylic acids is 2. The van der Waals surface area contributed by atoms with E-state index in [-0.39, 0.29) is 12.3 Å². The molecule has 0 saturated carbocycles. The van der Waals surface area contributed by atoms with Crippen molar-refractivity contribution >= 4 is 17.8 Å². The molecule has 7 nitrogen and oxygen atoms in total. The predicted molar refractivity (Wildman–Crippen MR) is 58.8 cm³/mol. The zero-order chi connectivity index (χ0) is 13.6. The van der Waals surface area contributed by atoms with Gasteiger partial charge >= 0.3 is 5.97 Å². The largest absolute Gasteiger partial charge is 0.481 e. The van der Waals surface area contributed by atoms with Gasteiger partial charge in [-0.15, -0.1) is 0 Å². The molecule has 98 valence electrons. The molecule has 0 fully saturated rings. The van der Waals surface area contributed by atoms with Crippen molar-refractivity contribution in [1.82, 2.24) is 5.32 Å². The number of hydrogen-bond donors (Lipinski definition) is 4. The minimum Gasteiger partial charge on any atom is -0.481 e. The van der Waals surface area contributed by atoms with E-state index in [1.807, 2.05) is 13.8 Å². The van der Waals surface area contributed by atoms with E-state index in [9.17, 15) is 19.5 Å². The van der Waals surface area contributed by atoms with Crippen molar-refractivity contribution in [2.45, 2.75) is 38.8 Å². The smallest absolute Gasteiger partial charge is 0.305 e. The van der Waals surface area contributed by atoms with Crippen molar-refractivity contribution in [3.05, 3.63) is 0 Å². The van der Waals surface area contributed by atoms with Gasteiger partial charge in [-0.25, -0.2) is 0 Å². The number of primary amides is 1. The second-order valence-electron chi connectivity index (χ2n) is 4.21. The Labute approximate surface area is 99.0 Å². The average Bonchev–Trinajstić information content (AvgIpc) is 2.14. The second-order valence-corrected chi connectivity index (χ2v) is 4.21. The van der Waals surface area contributed by atoms with Gasteiger partial charge in [0.15, 0.2) is 0 Å². The molecule has 0 aliphatic rings. The molecule has 5 N–H and O–H groups in total. The Balaban J connectivity index is 4.39. The summed E-state index contributed by atoms with van der Waals surface area (Å²) in [6, 6.07) is -1.30. The number of aliphatic carboxylic acids is 1. The molecule has 0 saturated heterocycles. The van der Waals surface area contributed by atoms with Gasteiger partial charge in [0.25, 0.3) is 0 Å². The van der Waals surface area contributed by atoms with Gasteiger partial charge in [-0.05, 0) is 12.3 Å². The number of nitrogens with one attached hydrogen (secondary N) is 1. The van der Waals surface area contributed by atoms with Gasteiger partial charge in [0, 0.05) is 0 Å². The Bertz CT molecular complexity index is 303. The number of amides is 2. The third-order valence-electron chi connectivity index (χ3n) is 2.04. The first-order valence-electron chi connectivity index (χ1n) is 5.23. The normalized spacial score (nSPS) is 14.1. The first kappa shape index (κ1) is 15.4. The van der Waals surface area contributed by atoms with E-state index in [2.05, 4.69) is 5.32 Å². The fourth-order valence-electron chi connectivity index (χ4n) is 1.22. The average molecular weight is 246 g/mol. The van der Waals surface area contributed by atoms with Crippen LogP contribution in [-0.2, 0) is 14.4 Å². The molecule has 17 heavy (non-hydrogen) atoms. The van der Waals surface area contributed by atoms with Crippen molar-refractivity contribution in [2.75, 3.05) is 0 Å². The summed E-state index contributed by atoms with van der Waals surface area (Å²) in [6.45, 7) is 3.64. The summed E-state index contributed by atoms with van der Waals surface area (Å²) in [5.74, 6) is -2.89. The van der Waals surface area contributed by atoms with Crippen LogP contribution >= 0.6 is 0 Å². The highest BCUT2D eigenvalue weighted by Crippen LogP contribution is 2.05. The monoisotopic (exact) mass is 246 g/mol. The highest BCUT2D eigenvalue weighted by Gasteiger charge is 2.25. The number of nitrogens with two attached hydrogens (primary N) is 1. The summed E-state index contributed by atoms with van der Waals surface area (Å²) < 4.78 is 0. The highest BCUT2D eigenvalue weighted by atomic mass is 16.4. The number of aliphatic hydroxyl groups excluding tert-OH is 1. The fraction of sp³-hybridized carbons (Fsp3) is 0.700. The van der Waals surface area contributed by atoms with Gasteiger partial charge < -0.3 is 21.3 Å². The lowest BCUT2D eigenvalue weighted by molar-refractivity contribution is -0.141. The molecule has 0 radical (unpaired) electrons. The van der Waals surface area contributed by atoms with Crippen molar-refractivity contribution in [1.29, 1.82) is 0 Å². The highest BCUT2D eigenvalue weighted by molar-refractivity contribution is 5.90. The van der Waals surface area contributed by atoms with Crippen LogP contribution in [0.4, 0.5) is 0 Å². The van der Waals surface area contributed by atoms with E-state index in [0.29, 0.717) is 0 Å². The first-order valence-corrected chi connectivity index (χ1v) is 5.23. The maximum Gasteiger partial charge on any atom is 0.305 e. The number of carbonyl (C=O) groups is 3. The molecule has 7 heteroatoms. The molecule has 0 spiro atoms. The third-order valence-corrected chi connectivity index (χ3v) is 2.04. The van der Waals surface area contributed by atoms with Gasteiger partial charge in [-0.2, -0.15) is 0 Å². The number of hydrogen-bond acceptors (Lipinski definition) is 4.